The van der Waals surface area contributed by atoms with Gasteiger partial charge in [-0.2, -0.15) is 0 Å². The van der Waals surface area contributed by atoms with Crippen LogP contribution in [0.3, 0.4) is 0 Å². The van der Waals surface area contributed by atoms with Gasteiger partial charge >= 0.3 is 0 Å². The van der Waals surface area contributed by atoms with Crippen molar-refractivity contribution in [3.8, 4) is 11.5 Å². The van der Waals surface area contributed by atoms with E-state index in [1.165, 1.54) is 11.8 Å². The molecule has 170 valence electrons. The summed E-state index contributed by atoms with van der Waals surface area (Å²) in [5.74, 6) is 1.08. The van der Waals surface area contributed by atoms with Crippen molar-refractivity contribution in [2.45, 2.75) is 23.2 Å². The molecule has 4 rings (SSSR count). The maximum Gasteiger partial charge on any atom is 0.257 e. The fourth-order valence-electron chi connectivity index (χ4n) is 3.68. The average Bonchev–Trinajstić information content (AvgIpc) is 2.81. The number of halogens is 1. The first-order chi connectivity index (χ1) is 16.0. The smallest absolute Gasteiger partial charge is 0.257 e. The molecule has 1 aromatic heterocycles. The number of carbonyl (C=O) groups excluding carboxylic acids is 1. The molecule has 0 unspecified atom stereocenters. The summed E-state index contributed by atoms with van der Waals surface area (Å²) in [7, 11) is 1.54. The quantitative estimate of drug-likeness (QED) is 0.272. The van der Waals surface area contributed by atoms with E-state index in [0.29, 0.717) is 38.6 Å². The van der Waals surface area contributed by atoms with Crippen molar-refractivity contribution < 1.29 is 14.3 Å². The van der Waals surface area contributed by atoms with Crippen molar-refractivity contribution in [1.82, 2.24) is 9.97 Å². The lowest BCUT2D eigenvalue weighted by atomic mass is 9.86. The number of methoxy groups -OCH3 is 1. The van der Waals surface area contributed by atoms with E-state index >= 15 is 0 Å². The van der Waals surface area contributed by atoms with Crippen LogP contribution in [-0.4, -0.2) is 29.6 Å². The Bertz CT molecular complexity index is 1240. The first kappa shape index (κ1) is 22.9. The monoisotopic (exact) mass is 483 g/mol. The highest BCUT2D eigenvalue weighted by molar-refractivity contribution is 7.98. The highest BCUT2D eigenvalue weighted by Crippen LogP contribution is 2.42. The number of carbonyl (C=O) groups is 1. The highest BCUT2D eigenvalue weighted by atomic mass is 35.5. The van der Waals surface area contributed by atoms with Crippen molar-refractivity contribution in [2.24, 2.45) is 0 Å². The van der Waals surface area contributed by atoms with E-state index in [0.717, 1.165) is 5.56 Å². The van der Waals surface area contributed by atoms with Gasteiger partial charge in [-0.05, 0) is 23.8 Å². The molecule has 0 saturated carbocycles. The van der Waals surface area contributed by atoms with E-state index in [-0.39, 0.29) is 30.3 Å². The number of para-hydroxylation sites is 1. The Balaban J connectivity index is 1.70. The van der Waals surface area contributed by atoms with E-state index in [1.54, 1.807) is 25.3 Å². The second-order valence-corrected chi connectivity index (χ2v) is 8.73. The summed E-state index contributed by atoms with van der Waals surface area (Å²) < 4.78 is 11.3. The Morgan fingerprint density at radius 2 is 2.03 bits per heavy atom. The third-order valence-corrected chi connectivity index (χ3v) is 6.36. The fraction of sp³-hybridized carbons (Fsp3) is 0.208. The van der Waals surface area contributed by atoms with Crippen LogP contribution >= 0.6 is 23.4 Å². The zero-order chi connectivity index (χ0) is 23.4. The third kappa shape index (κ3) is 5.07. The first-order valence-corrected chi connectivity index (χ1v) is 11.6. The molecule has 33 heavy (non-hydrogen) atoms. The van der Waals surface area contributed by atoms with Crippen molar-refractivity contribution in [3.05, 3.63) is 87.2 Å². The van der Waals surface area contributed by atoms with E-state index in [4.69, 9.17) is 21.1 Å². The maximum atomic E-state index is 13.1. The van der Waals surface area contributed by atoms with Gasteiger partial charge < -0.3 is 19.8 Å². The Kier molecular flexibility index (Phi) is 7.05. The molecule has 1 atom stereocenters. The molecule has 0 spiro atoms. The molecule has 9 heteroatoms. The van der Waals surface area contributed by atoms with Crippen LogP contribution in [0.2, 0.25) is 5.02 Å². The van der Waals surface area contributed by atoms with Crippen LogP contribution in [-0.2, 0) is 10.5 Å². The topological polar surface area (TPSA) is 93.3 Å². The lowest BCUT2D eigenvalue weighted by molar-refractivity contribution is -0.116. The minimum absolute atomic E-state index is 0.0899. The molecule has 7 nitrogen and oxygen atoms in total. The number of nitrogens with zero attached hydrogens (tertiary/aromatic N) is 1. The Morgan fingerprint density at radius 1 is 1.24 bits per heavy atom. The van der Waals surface area contributed by atoms with Crippen molar-refractivity contribution in [3.63, 3.8) is 0 Å². The van der Waals surface area contributed by atoms with Crippen molar-refractivity contribution in [1.29, 1.82) is 0 Å². The molecule has 1 amide bonds. The number of amides is 1. The summed E-state index contributed by atoms with van der Waals surface area (Å²) in [5, 5.41) is 3.83. The van der Waals surface area contributed by atoms with Crippen LogP contribution in [0.5, 0.6) is 11.5 Å². The van der Waals surface area contributed by atoms with Gasteiger partial charge in [-0.15, -0.1) is 0 Å². The van der Waals surface area contributed by atoms with Gasteiger partial charge in [-0.25, -0.2) is 4.98 Å². The maximum absolute atomic E-state index is 13.1. The molecule has 0 bridgehead atoms. The molecule has 1 aliphatic heterocycles. The number of hydrogen-bond donors (Lipinski definition) is 2. The third-order valence-electron chi connectivity index (χ3n) is 5.17. The molecule has 2 aromatic carbocycles. The molecular weight excluding hydrogens is 462 g/mol. The van der Waals surface area contributed by atoms with Gasteiger partial charge in [0.1, 0.15) is 12.4 Å². The largest absolute Gasteiger partial charge is 0.493 e. The number of rotatable bonds is 8. The SMILES string of the molecule is C=CCOc1c(OC)cccc1[C@@H]1CC(=O)Nc2nc(SCc3ccc(Cl)cc3)[nH]c(=O)c21. The molecule has 0 saturated heterocycles. The standard InChI is InChI=1S/C24H22ClN3O4S/c1-3-11-32-21-16(5-4-6-18(21)31-2)17-12-19(29)26-22-20(17)23(30)28-24(27-22)33-13-14-7-9-15(25)10-8-14/h3-10,17H,1,11-13H2,2H3,(H2,26,27,28,29,30)/t17-/m0/s1. The van der Waals surface area contributed by atoms with Crippen LogP contribution in [0.1, 0.15) is 29.0 Å². The zero-order valence-corrected chi connectivity index (χ0v) is 19.5. The van der Waals surface area contributed by atoms with Gasteiger partial charge in [-0.1, -0.05) is 60.3 Å². The summed E-state index contributed by atoms with van der Waals surface area (Å²) in [6.45, 7) is 3.94. The van der Waals surface area contributed by atoms with Crippen molar-refractivity contribution >= 4 is 35.1 Å². The molecule has 0 fully saturated rings. The minimum Gasteiger partial charge on any atom is -0.493 e. The molecule has 0 radical (unpaired) electrons. The van der Waals surface area contributed by atoms with Crippen LogP contribution in [0.15, 0.2) is 65.1 Å². The predicted molar refractivity (Wildman–Crippen MR) is 130 cm³/mol. The van der Waals surface area contributed by atoms with Gasteiger partial charge in [0.15, 0.2) is 16.7 Å². The number of fused-ring (bicyclic) bond motifs is 1. The Morgan fingerprint density at radius 3 is 2.76 bits per heavy atom. The number of benzene rings is 2. The molecule has 2 N–H and O–H groups in total. The summed E-state index contributed by atoms with van der Waals surface area (Å²) in [4.78, 5) is 33.1. The second-order valence-electron chi connectivity index (χ2n) is 7.33. The Labute approximate surface area is 200 Å². The van der Waals surface area contributed by atoms with Crippen LogP contribution in [0.4, 0.5) is 5.82 Å². The number of hydrogen-bond acceptors (Lipinski definition) is 6. The van der Waals surface area contributed by atoms with Crippen molar-refractivity contribution in [2.75, 3.05) is 19.0 Å². The highest BCUT2D eigenvalue weighted by Gasteiger charge is 2.33. The van der Waals surface area contributed by atoms with Crippen LogP contribution in [0, 0.1) is 0 Å². The van der Waals surface area contributed by atoms with Crippen LogP contribution < -0.4 is 20.3 Å². The van der Waals surface area contributed by atoms with Gasteiger partial charge in [0.25, 0.3) is 5.56 Å². The molecule has 0 aliphatic carbocycles. The molecular formula is C24H22ClN3O4S. The number of anilines is 1. The average molecular weight is 484 g/mol. The minimum atomic E-state index is -0.532. The molecule has 3 aromatic rings. The van der Waals surface area contributed by atoms with E-state index in [1.807, 2.05) is 30.3 Å². The van der Waals surface area contributed by atoms with Gasteiger partial charge in [0.05, 0.1) is 12.7 Å². The summed E-state index contributed by atoms with van der Waals surface area (Å²) >= 11 is 7.30. The lowest BCUT2D eigenvalue weighted by Crippen LogP contribution is -2.31. The lowest BCUT2D eigenvalue weighted by Gasteiger charge is -2.26. The van der Waals surface area contributed by atoms with Gasteiger partial charge in [-0.3, -0.25) is 9.59 Å². The predicted octanol–water partition coefficient (Wildman–Crippen LogP) is 4.76. The van der Waals surface area contributed by atoms with Gasteiger partial charge in [0, 0.05) is 28.7 Å². The van der Waals surface area contributed by atoms with E-state index in [2.05, 4.69) is 21.9 Å². The van der Waals surface area contributed by atoms with Crippen LogP contribution in [0.25, 0.3) is 0 Å². The fourth-order valence-corrected chi connectivity index (χ4v) is 4.62. The zero-order valence-electron chi connectivity index (χ0n) is 17.9. The molecule has 1 aliphatic rings. The Hall–Kier alpha value is -3.23. The number of ether oxygens (including phenoxy) is 2. The van der Waals surface area contributed by atoms with Gasteiger partial charge in [0.2, 0.25) is 5.91 Å². The number of aromatic nitrogens is 2. The van der Waals surface area contributed by atoms with E-state index < -0.39 is 5.92 Å². The molecule has 2 heterocycles. The number of aromatic amines is 1. The normalized spacial score (nSPS) is 14.8. The summed E-state index contributed by atoms with van der Waals surface area (Å²) in [5.41, 5.74) is 1.80. The summed E-state index contributed by atoms with van der Waals surface area (Å²) in [6.07, 6.45) is 1.71. The number of nitrogens with one attached hydrogen (secondary N) is 2. The number of H-pyrrole nitrogens is 1. The summed E-state index contributed by atoms with van der Waals surface area (Å²) in [6, 6.07) is 12.9. The van der Waals surface area contributed by atoms with E-state index in [9.17, 15) is 9.59 Å². The first-order valence-electron chi connectivity index (χ1n) is 10.2. The number of thioether (sulfide) groups is 1. The second kappa shape index (κ2) is 10.1.